The number of fused-ring (bicyclic) bond motifs is 2. The van der Waals surface area contributed by atoms with Crippen molar-refractivity contribution in [2.24, 2.45) is 0 Å². The van der Waals surface area contributed by atoms with Crippen molar-refractivity contribution < 1.29 is 27.5 Å². The number of likely N-dealkylation sites (N-methyl/N-ethyl adjacent to an activating group) is 1. The van der Waals surface area contributed by atoms with E-state index in [1.54, 1.807) is 30.2 Å². The molecular formula is C24H28F3N3O3. The number of nitrogens with zero attached hydrogens (tertiary/aromatic N) is 3. The van der Waals surface area contributed by atoms with Gasteiger partial charge in [0.1, 0.15) is 5.75 Å². The average Bonchev–Trinajstić information content (AvgIpc) is 3.25. The predicted molar refractivity (Wildman–Crippen MR) is 117 cm³/mol. The number of benzene rings is 1. The second-order valence-corrected chi connectivity index (χ2v) is 8.71. The molecule has 1 saturated heterocycles. The van der Waals surface area contributed by atoms with Crippen LogP contribution >= 0.6 is 0 Å². The van der Waals surface area contributed by atoms with Crippen LogP contribution in [-0.4, -0.2) is 66.0 Å². The van der Waals surface area contributed by atoms with E-state index in [1.807, 2.05) is 20.0 Å². The van der Waals surface area contributed by atoms with Crippen molar-refractivity contribution >= 4 is 11.7 Å². The smallest absolute Gasteiger partial charge is 0.456 e. The molecule has 6 nitrogen and oxygen atoms in total. The molecule has 1 aromatic carbocycles. The molecule has 2 aliphatic rings. The largest absolute Gasteiger partial charge is 0.496 e. The Morgan fingerprint density at radius 3 is 2.36 bits per heavy atom. The van der Waals surface area contributed by atoms with E-state index in [0.29, 0.717) is 56.0 Å². The fourth-order valence-electron chi connectivity index (χ4n) is 5.19. The van der Waals surface area contributed by atoms with Crippen molar-refractivity contribution in [3.63, 3.8) is 0 Å². The number of hydrogen-bond donors (Lipinski definition) is 0. The first-order chi connectivity index (χ1) is 15.6. The maximum atomic E-state index is 13.2. The second-order valence-electron chi connectivity index (χ2n) is 8.71. The normalized spacial score (nSPS) is 18.3. The van der Waals surface area contributed by atoms with Crippen LogP contribution in [0.1, 0.15) is 51.9 Å². The first kappa shape index (κ1) is 23.4. The van der Waals surface area contributed by atoms with Crippen LogP contribution in [-0.2, 0) is 18.5 Å². The Bertz CT molecular complexity index is 1070. The van der Waals surface area contributed by atoms with Crippen molar-refractivity contribution in [2.45, 2.75) is 44.4 Å². The van der Waals surface area contributed by atoms with Crippen LogP contribution < -0.4 is 4.74 Å². The minimum absolute atomic E-state index is 0.0902. The van der Waals surface area contributed by atoms with Crippen LogP contribution in [0, 0.1) is 0 Å². The Morgan fingerprint density at radius 2 is 1.76 bits per heavy atom. The molecule has 2 aliphatic heterocycles. The third-order valence-electron chi connectivity index (χ3n) is 7.13. The maximum Gasteiger partial charge on any atom is 0.456 e. The van der Waals surface area contributed by atoms with Gasteiger partial charge in [0, 0.05) is 37.4 Å². The molecule has 1 spiro atoms. The predicted octanol–water partition coefficient (Wildman–Crippen LogP) is 3.88. The summed E-state index contributed by atoms with van der Waals surface area (Å²) in [6, 6.07) is 8.39. The van der Waals surface area contributed by atoms with E-state index < -0.39 is 17.5 Å². The number of amides is 1. The molecule has 4 rings (SSSR count). The highest BCUT2D eigenvalue weighted by atomic mass is 19.4. The fraction of sp³-hybridized carbons (Fsp3) is 0.500. The molecular weight excluding hydrogens is 435 g/mol. The van der Waals surface area contributed by atoms with Gasteiger partial charge in [0.2, 0.25) is 0 Å². The third-order valence-corrected chi connectivity index (χ3v) is 7.13. The lowest BCUT2D eigenvalue weighted by atomic mass is 9.81. The minimum Gasteiger partial charge on any atom is -0.496 e. The summed E-state index contributed by atoms with van der Waals surface area (Å²) in [6.45, 7) is 3.81. The molecule has 0 atom stereocenters. The number of piperidine rings is 1. The van der Waals surface area contributed by atoms with E-state index in [1.165, 1.54) is 10.6 Å². The Balaban J connectivity index is 1.57. The van der Waals surface area contributed by atoms with Gasteiger partial charge >= 0.3 is 6.18 Å². The number of carbonyl (C=O) groups is 2. The zero-order valence-electron chi connectivity index (χ0n) is 19.0. The van der Waals surface area contributed by atoms with Gasteiger partial charge in [-0.15, -0.1) is 0 Å². The van der Waals surface area contributed by atoms with E-state index >= 15 is 0 Å². The fourth-order valence-corrected chi connectivity index (χ4v) is 5.19. The molecule has 1 aromatic heterocycles. The minimum atomic E-state index is -4.91. The Hall–Kier alpha value is -2.81. The molecule has 2 aromatic rings. The van der Waals surface area contributed by atoms with E-state index in [0.717, 1.165) is 12.0 Å². The number of aryl methyl sites for hydroxylation is 1. The van der Waals surface area contributed by atoms with Gasteiger partial charge in [-0.2, -0.15) is 13.2 Å². The topological polar surface area (TPSA) is 54.8 Å². The summed E-state index contributed by atoms with van der Waals surface area (Å²) >= 11 is 0. The highest BCUT2D eigenvalue weighted by molar-refractivity contribution is 5.99. The number of ether oxygens (including phenoxy) is 1. The monoisotopic (exact) mass is 463 g/mol. The van der Waals surface area contributed by atoms with Gasteiger partial charge in [0.05, 0.1) is 18.3 Å². The molecule has 178 valence electrons. The van der Waals surface area contributed by atoms with Gasteiger partial charge in [-0.1, -0.05) is 13.0 Å². The number of aromatic nitrogens is 1. The van der Waals surface area contributed by atoms with Crippen LogP contribution in [0.2, 0.25) is 0 Å². The van der Waals surface area contributed by atoms with Crippen LogP contribution in [0.4, 0.5) is 13.2 Å². The summed E-state index contributed by atoms with van der Waals surface area (Å²) in [5.41, 5.74) is 1.47. The lowest BCUT2D eigenvalue weighted by Crippen LogP contribution is -2.56. The number of likely N-dealkylation sites (tertiary alicyclic amines) is 1. The van der Waals surface area contributed by atoms with Gasteiger partial charge < -0.3 is 14.2 Å². The standard InChI is InChI=1S/C24H28F3N3O3/c1-4-16-5-6-17(15-19(16)33-3)22(32)29-11-9-23(10-12-29)20-8-7-18(21(31)24(25,26)27)30(20)14-13-28(23)2/h5-8,15H,4,9-14H2,1-3H3. The van der Waals surface area contributed by atoms with Gasteiger partial charge in [0.15, 0.2) is 0 Å². The summed E-state index contributed by atoms with van der Waals surface area (Å²) in [7, 11) is 3.53. The SMILES string of the molecule is CCc1ccc(C(=O)N2CCC3(CC2)c2ccc(C(=O)C(F)(F)F)n2CCN3C)cc1OC. The average molecular weight is 464 g/mol. The van der Waals surface area contributed by atoms with Gasteiger partial charge in [-0.25, -0.2) is 0 Å². The molecule has 0 bridgehead atoms. The molecule has 1 amide bonds. The second kappa shape index (κ2) is 8.52. The Morgan fingerprint density at radius 1 is 1.06 bits per heavy atom. The van der Waals surface area contributed by atoms with Crippen LogP contribution in [0.5, 0.6) is 5.75 Å². The Labute approximate surface area is 190 Å². The van der Waals surface area contributed by atoms with E-state index in [2.05, 4.69) is 4.90 Å². The molecule has 0 aliphatic carbocycles. The number of halogens is 3. The van der Waals surface area contributed by atoms with Gasteiger partial charge in [-0.05, 0) is 56.1 Å². The highest BCUT2D eigenvalue weighted by Crippen LogP contribution is 2.42. The number of methoxy groups -OCH3 is 1. The lowest BCUT2D eigenvalue weighted by molar-refractivity contribution is -0.0892. The zero-order valence-corrected chi connectivity index (χ0v) is 19.0. The lowest BCUT2D eigenvalue weighted by Gasteiger charge is -2.50. The number of alkyl halides is 3. The molecule has 1 fully saturated rings. The summed E-state index contributed by atoms with van der Waals surface area (Å²) in [5.74, 6) is -1.22. The first-order valence-electron chi connectivity index (χ1n) is 11.1. The summed E-state index contributed by atoms with van der Waals surface area (Å²) in [5, 5.41) is 0. The van der Waals surface area contributed by atoms with Gasteiger partial charge in [0.25, 0.3) is 11.7 Å². The van der Waals surface area contributed by atoms with Crippen molar-refractivity contribution in [3.8, 4) is 5.75 Å². The number of ketones is 1. The summed E-state index contributed by atoms with van der Waals surface area (Å²) < 4.78 is 46.1. The van der Waals surface area contributed by atoms with Crippen molar-refractivity contribution in [3.05, 3.63) is 52.8 Å². The first-order valence-corrected chi connectivity index (χ1v) is 11.1. The molecule has 33 heavy (non-hydrogen) atoms. The molecule has 3 heterocycles. The van der Waals surface area contributed by atoms with Crippen LogP contribution in [0.15, 0.2) is 30.3 Å². The molecule has 0 unspecified atom stereocenters. The molecule has 0 N–H and O–H groups in total. The third kappa shape index (κ3) is 3.92. The number of rotatable bonds is 4. The maximum absolute atomic E-state index is 13.2. The van der Waals surface area contributed by atoms with E-state index in [4.69, 9.17) is 4.74 Å². The molecule has 9 heteroatoms. The summed E-state index contributed by atoms with van der Waals surface area (Å²) in [6.07, 6.45) is -2.96. The van der Waals surface area contributed by atoms with Crippen molar-refractivity contribution in [1.82, 2.24) is 14.4 Å². The van der Waals surface area contributed by atoms with Crippen LogP contribution in [0.25, 0.3) is 0 Å². The zero-order chi connectivity index (χ0) is 24.0. The quantitative estimate of drug-likeness (QED) is 0.646. The number of carbonyl (C=O) groups excluding carboxylic acids is 2. The molecule has 0 saturated carbocycles. The Kier molecular flexibility index (Phi) is 6.03. The summed E-state index contributed by atoms with van der Waals surface area (Å²) in [4.78, 5) is 29.0. The number of Topliss-reactive ketones (excluding diaryl/α,β-unsaturated/α-hetero) is 1. The van der Waals surface area contributed by atoms with Crippen LogP contribution in [0.3, 0.4) is 0 Å². The van der Waals surface area contributed by atoms with E-state index in [-0.39, 0.29) is 11.6 Å². The van der Waals surface area contributed by atoms with E-state index in [9.17, 15) is 22.8 Å². The van der Waals surface area contributed by atoms with Gasteiger partial charge in [-0.3, -0.25) is 14.5 Å². The molecule has 0 radical (unpaired) electrons. The highest BCUT2D eigenvalue weighted by Gasteiger charge is 2.47. The number of hydrogen-bond acceptors (Lipinski definition) is 4. The van der Waals surface area contributed by atoms with Crippen molar-refractivity contribution in [2.75, 3.05) is 33.8 Å². The van der Waals surface area contributed by atoms with Crippen molar-refractivity contribution in [1.29, 1.82) is 0 Å².